The van der Waals surface area contributed by atoms with Crippen molar-refractivity contribution in [2.24, 2.45) is 11.8 Å². The molecule has 1 spiro atoms. The third kappa shape index (κ3) is 3.23. The topological polar surface area (TPSA) is 60.2 Å². The van der Waals surface area contributed by atoms with Gasteiger partial charge in [-0.25, -0.2) is 4.39 Å². The van der Waals surface area contributed by atoms with Crippen LogP contribution in [-0.4, -0.2) is 28.7 Å². The molecule has 2 aliphatic rings. The van der Waals surface area contributed by atoms with Crippen molar-refractivity contribution in [2.45, 2.75) is 37.3 Å². The van der Waals surface area contributed by atoms with Gasteiger partial charge in [0.15, 0.2) is 0 Å². The molecule has 2 atom stereocenters. The van der Waals surface area contributed by atoms with Crippen molar-refractivity contribution in [3.8, 4) is 0 Å². The van der Waals surface area contributed by atoms with Crippen LogP contribution in [0.3, 0.4) is 0 Å². The molecule has 116 valence electrons. The molecule has 3 N–H and O–H groups in total. The number of halogens is 1. The minimum Gasteiger partial charge on any atom is -0.375 e. The van der Waals surface area contributed by atoms with Gasteiger partial charge in [0.1, 0.15) is 5.82 Å². The predicted octanol–water partition coefficient (Wildman–Crippen LogP) is 2.42. The maximum Gasteiger partial charge on any atom is 0.146 e. The van der Waals surface area contributed by atoms with E-state index in [1.165, 1.54) is 6.20 Å². The first-order valence-corrected chi connectivity index (χ1v) is 8.67. The second-order valence-electron chi connectivity index (χ2n) is 5.94. The molecule has 0 radical (unpaired) electrons. The molecular formula is C15H22FN3OS. The molecule has 0 aromatic carbocycles. The van der Waals surface area contributed by atoms with Crippen LogP contribution in [0.15, 0.2) is 18.5 Å². The highest BCUT2D eigenvalue weighted by Crippen LogP contribution is 2.43. The van der Waals surface area contributed by atoms with Crippen LogP contribution in [-0.2, 0) is 4.74 Å². The second kappa shape index (κ2) is 6.60. The Kier molecular flexibility index (Phi) is 4.78. The maximum absolute atomic E-state index is 14.0. The number of nitrogens with zero attached hydrogens (tertiary/aromatic N) is 1. The van der Waals surface area contributed by atoms with Gasteiger partial charge >= 0.3 is 0 Å². The summed E-state index contributed by atoms with van der Waals surface area (Å²) in [5.41, 5.74) is 3.41. The molecule has 0 amide bonds. The first-order valence-electron chi connectivity index (χ1n) is 7.51. The number of hydrazine groups is 1. The van der Waals surface area contributed by atoms with Gasteiger partial charge in [-0.15, -0.1) is 0 Å². The van der Waals surface area contributed by atoms with Crippen molar-refractivity contribution in [1.29, 1.82) is 0 Å². The first kappa shape index (κ1) is 15.2. The van der Waals surface area contributed by atoms with Crippen LogP contribution in [0.5, 0.6) is 0 Å². The summed E-state index contributed by atoms with van der Waals surface area (Å²) in [6, 6.07) is 1.54. The van der Waals surface area contributed by atoms with Crippen molar-refractivity contribution < 1.29 is 9.13 Å². The van der Waals surface area contributed by atoms with Gasteiger partial charge in [-0.3, -0.25) is 16.3 Å². The van der Waals surface area contributed by atoms with Crippen LogP contribution in [0.1, 0.15) is 37.3 Å². The van der Waals surface area contributed by atoms with Crippen molar-refractivity contribution in [3.05, 3.63) is 29.8 Å². The van der Waals surface area contributed by atoms with E-state index >= 15 is 0 Å². The van der Waals surface area contributed by atoms with Crippen LogP contribution in [0, 0.1) is 11.7 Å². The Morgan fingerprint density at radius 1 is 1.48 bits per heavy atom. The number of pyridine rings is 1. The lowest BCUT2D eigenvalue weighted by Crippen LogP contribution is -2.46. The lowest BCUT2D eigenvalue weighted by Gasteiger charge is -2.45. The first-order chi connectivity index (χ1) is 10.2. The fourth-order valence-electron chi connectivity index (χ4n) is 3.56. The maximum atomic E-state index is 14.0. The highest BCUT2D eigenvalue weighted by molar-refractivity contribution is 7.99. The number of ether oxygens (including phenoxy) is 1. The minimum absolute atomic E-state index is 0.0211. The van der Waals surface area contributed by atoms with Crippen LogP contribution in [0.2, 0.25) is 0 Å². The number of thioether (sulfide) groups is 1. The van der Waals surface area contributed by atoms with E-state index < -0.39 is 0 Å². The zero-order chi connectivity index (χ0) is 14.7. The lowest BCUT2D eigenvalue weighted by atomic mass is 9.77. The van der Waals surface area contributed by atoms with E-state index in [1.54, 1.807) is 12.3 Å². The highest BCUT2D eigenvalue weighted by Gasteiger charge is 2.41. The van der Waals surface area contributed by atoms with Gasteiger partial charge in [0, 0.05) is 18.4 Å². The standard InChI is InChI=1S/C15H22FN3OS/c16-13-10-18-5-1-12(13)14(19-17)11-2-6-20-15(9-11)3-7-21-8-4-15/h1,5,10-11,14,19H,2-4,6-9,17H2. The molecule has 0 aliphatic carbocycles. The number of rotatable bonds is 3. The number of nitrogens with two attached hydrogens (primary N) is 1. The Bertz CT molecular complexity index is 476. The van der Waals surface area contributed by atoms with Crippen LogP contribution >= 0.6 is 11.8 Å². The number of nitrogens with one attached hydrogen (secondary N) is 1. The highest BCUT2D eigenvalue weighted by atomic mass is 32.2. The van der Waals surface area contributed by atoms with Gasteiger partial charge in [0.25, 0.3) is 0 Å². The van der Waals surface area contributed by atoms with Gasteiger partial charge in [-0.05, 0) is 49.2 Å². The van der Waals surface area contributed by atoms with E-state index in [1.807, 2.05) is 11.8 Å². The summed E-state index contributed by atoms with van der Waals surface area (Å²) in [7, 11) is 0. The van der Waals surface area contributed by atoms with Gasteiger partial charge in [0.2, 0.25) is 0 Å². The van der Waals surface area contributed by atoms with Crippen molar-refractivity contribution in [1.82, 2.24) is 10.4 Å². The predicted molar refractivity (Wildman–Crippen MR) is 82.2 cm³/mol. The summed E-state index contributed by atoms with van der Waals surface area (Å²) < 4.78 is 20.1. The fourth-order valence-corrected chi connectivity index (χ4v) is 4.80. The molecule has 2 unspecified atom stereocenters. The molecule has 1 aromatic rings. The van der Waals surface area contributed by atoms with Gasteiger partial charge in [-0.2, -0.15) is 11.8 Å². The summed E-state index contributed by atoms with van der Waals surface area (Å²) in [5, 5.41) is 0. The average molecular weight is 311 g/mol. The molecule has 2 aliphatic heterocycles. The van der Waals surface area contributed by atoms with Crippen LogP contribution in [0.25, 0.3) is 0 Å². The molecule has 0 bridgehead atoms. The third-order valence-corrected chi connectivity index (χ3v) is 5.71. The summed E-state index contributed by atoms with van der Waals surface area (Å²) in [4.78, 5) is 3.82. The van der Waals surface area contributed by atoms with Crippen LogP contribution < -0.4 is 11.3 Å². The normalized spacial score (nSPS) is 26.7. The average Bonchev–Trinajstić information content (AvgIpc) is 2.51. The monoisotopic (exact) mass is 311 g/mol. The molecule has 6 heteroatoms. The number of aromatic nitrogens is 1. The molecule has 2 saturated heterocycles. The van der Waals surface area contributed by atoms with Gasteiger partial charge in [0.05, 0.1) is 17.8 Å². The second-order valence-corrected chi connectivity index (χ2v) is 7.16. The van der Waals surface area contributed by atoms with Gasteiger partial charge in [-0.1, -0.05) is 0 Å². The Morgan fingerprint density at radius 3 is 3.00 bits per heavy atom. The van der Waals surface area contributed by atoms with Gasteiger partial charge < -0.3 is 4.74 Å². The van der Waals surface area contributed by atoms with E-state index in [9.17, 15) is 4.39 Å². The van der Waals surface area contributed by atoms with Crippen molar-refractivity contribution in [3.63, 3.8) is 0 Å². The van der Waals surface area contributed by atoms with Crippen LogP contribution in [0.4, 0.5) is 4.39 Å². The van der Waals surface area contributed by atoms with E-state index in [0.717, 1.165) is 43.8 Å². The number of hydrogen-bond donors (Lipinski definition) is 2. The molecular weight excluding hydrogens is 289 g/mol. The lowest BCUT2D eigenvalue weighted by molar-refractivity contribution is -0.107. The number of hydrogen-bond acceptors (Lipinski definition) is 5. The molecule has 3 heterocycles. The van der Waals surface area contributed by atoms with E-state index in [2.05, 4.69) is 10.4 Å². The molecule has 21 heavy (non-hydrogen) atoms. The Labute approximate surface area is 129 Å². The SMILES string of the molecule is NNC(c1ccncc1F)C1CCOC2(CCSCC2)C1. The summed E-state index contributed by atoms with van der Waals surface area (Å²) in [6.45, 7) is 0.736. The molecule has 1 aromatic heterocycles. The van der Waals surface area contributed by atoms with Crippen molar-refractivity contribution in [2.75, 3.05) is 18.1 Å². The minimum atomic E-state index is -0.291. The Morgan fingerprint density at radius 2 is 2.29 bits per heavy atom. The molecule has 2 fully saturated rings. The van der Waals surface area contributed by atoms with Crippen molar-refractivity contribution >= 4 is 11.8 Å². The fraction of sp³-hybridized carbons (Fsp3) is 0.667. The van der Waals surface area contributed by atoms with E-state index in [0.29, 0.717) is 11.5 Å². The Balaban J connectivity index is 1.79. The summed E-state index contributed by atoms with van der Waals surface area (Å²) in [5.74, 6) is 8.04. The third-order valence-electron chi connectivity index (χ3n) is 4.72. The smallest absolute Gasteiger partial charge is 0.146 e. The molecule has 3 rings (SSSR count). The quantitative estimate of drug-likeness (QED) is 0.663. The molecule has 4 nitrogen and oxygen atoms in total. The van der Waals surface area contributed by atoms with E-state index in [-0.39, 0.29) is 17.5 Å². The largest absolute Gasteiger partial charge is 0.375 e. The zero-order valence-electron chi connectivity index (χ0n) is 12.1. The summed E-state index contributed by atoms with van der Waals surface area (Å²) >= 11 is 1.99. The zero-order valence-corrected chi connectivity index (χ0v) is 12.9. The molecule has 0 saturated carbocycles. The van der Waals surface area contributed by atoms with E-state index in [4.69, 9.17) is 10.6 Å². The summed E-state index contributed by atoms with van der Waals surface area (Å²) in [6.07, 6.45) is 6.91. The Hall–Kier alpha value is -0.690.